The molecule has 2 aromatic rings. The van der Waals surface area contributed by atoms with Crippen molar-refractivity contribution in [1.29, 1.82) is 0 Å². The smallest absolute Gasteiger partial charge is 0.243 e. The minimum atomic E-state index is -0.464. The minimum absolute atomic E-state index is 0.0551. The zero-order valence-corrected chi connectivity index (χ0v) is 17.2. The maximum atomic E-state index is 12.5. The van der Waals surface area contributed by atoms with Crippen LogP contribution in [-0.2, 0) is 14.4 Å². The van der Waals surface area contributed by atoms with E-state index in [1.165, 1.54) is 0 Å². The van der Waals surface area contributed by atoms with E-state index in [9.17, 15) is 14.4 Å². The Morgan fingerprint density at radius 1 is 1.17 bits per heavy atom. The fraction of sp³-hybridized carbons (Fsp3) is 0.318. The van der Waals surface area contributed by atoms with Gasteiger partial charge in [0.2, 0.25) is 17.7 Å². The van der Waals surface area contributed by atoms with Crippen LogP contribution in [0.1, 0.15) is 30.5 Å². The van der Waals surface area contributed by atoms with Crippen molar-refractivity contribution in [2.75, 3.05) is 18.4 Å². The highest BCUT2D eigenvalue weighted by atomic mass is 35.5. The molecule has 2 N–H and O–H groups in total. The molecule has 1 aliphatic rings. The number of rotatable bonds is 6. The number of anilines is 1. The maximum Gasteiger partial charge on any atom is 0.243 e. The summed E-state index contributed by atoms with van der Waals surface area (Å²) in [6.45, 7) is 3.94. The van der Waals surface area contributed by atoms with Gasteiger partial charge in [0.15, 0.2) is 0 Å². The van der Waals surface area contributed by atoms with E-state index in [1.54, 1.807) is 23.1 Å². The Kier molecular flexibility index (Phi) is 6.54. The molecule has 0 aromatic heterocycles. The van der Waals surface area contributed by atoms with Crippen LogP contribution in [0.15, 0.2) is 48.5 Å². The zero-order valence-electron chi connectivity index (χ0n) is 16.4. The van der Waals surface area contributed by atoms with Gasteiger partial charge in [-0.2, -0.15) is 0 Å². The van der Waals surface area contributed by atoms with Gasteiger partial charge in [0, 0.05) is 23.7 Å². The van der Waals surface area contributed by atoms with Crippen LogP contribution in [0, 0.1) is 12.8 Å². The first kappa shape index (κ1) is 20.9. The van der Waals surface area contributed by atoms with Crippen LogP contribution in [0.2, 0.25) is 5.02 Å². The lowest BCUT2D eigenvalue weighted by Gasteiger charge is -2.25. The summed E-state index contributed by atoms with van der Waals surface area (Å²) >= 11 is 6.05. The molecule has 3 rings (SSSR count). The molecular formula is C22H24ClN3O3. The molecule has 1 fully saturated rings. The van der Waals surface area contributed by atoms with Gasteiger partial charge in [-0.05, 0) is 37.1 Å². The first-order valence-electron chi connectivity index (χ1n) is 9.54. The second-order valence-corrected chi connectivity index (χ2v) is 7.62. The summed E-state index contributed by atoms with van der Waals surface area (Å²) in [6, 6.07) is 14.8. The summed E-state index contributed by atoms with van der Waals surface area (Å²) in [5.74, 6) is -1.16. The van der Waals surface area contributed by atoms with E-state index in [4.69, 9.17) is 11.6 Å². The van der Waals surface area contributed by atoms with Crippen LogP contribution in [0.5, 0.6) is 0 Å². The monoisotopic (exact) mass is 413 g/mol. The molecule has 2 atom stereocenters. The molecule has 0 unspecified atom stereocenters. The summed E-state index contributed by atoms with van der Waals surface area (Å²) in [5.41, 5.74) is 2.40. The number of likely N-dealkylation sites (tertiary alicyclic amines) is 1. The second kappa shape index (κ2) is 9.09. The highest BCUT2D eigenvalue weighted by Crippen LogP contribution is 2.28. The average molecular weight is 414 g/mol. The number of halogens is 1. The van der Waals surface area contributed by atoms with Crippen molar-refractivity contribution < 1.29 is 14.4 Å². The first-order chi connectivity index (χ1) is 13.9. The van der Waals surface area contributed by atoms with E-state index in [-0.39, 0.29) is 36.7 Å². The standard InChI is InChI=1S/C22H24ClN3O3/c1-14-18(23)9-6-10-19(14)25-20(27)12-24-22(29)17-11-21(28)26(13-17)15(2)16-7-4-3-5-8-16/h3-10,15,17H,11-13H2,1-2H3,(H,24,29)(H,25,27)/t15-,17-/m1/s1. The third kappa shape index (κ3) is 4.95. The number of amides is 3. The Morgan fingerprint density at radius 3 is 2.62 bits per heavy atom. The van der Waals surface area contributed by atoms with Gasteiger partial charge in [-0.1, -0.05) is 48.0 Å². The molecule has 2 aromatic carbocycles. The van der Waals surface area contributed by atoms with Crippen LogP contribution >= 0.6 is 11.6 Å². The van der Waals surface area contributed by atoms with E-state index >= 15 is 0 Å². The summed E-state index contributed by atoms with van der Waals surface area (Å²) in [5, 5.41) is 5.93. The van der Waals surface area contributed by atoms with Crippen LogP contribution < -0.4 is 10.6 Å². The van der Waals surface area contributed by atoms with Crippen molar-refractivity contribution in [3.05, 3.63) is 64.7 Å². The van der Waals surface area contributed by atoms with Crippen molar-refractivity contribution in [2.45, 2.75) is 26.3 Å². The normalized spacial score (nSPS) is 17.1. The minimum Gasteiger partial charge on any atom is -0.347 e. The zero-order chi connectivity index (χ0) is 21.0. The molecule has 0 spiro atoms. The van der Waals surface area contributed by atoms with Crippen LogP contribution in [0.3, 0.4) is 0 Å². The first-order valence-corrected chi connectivity index (χ1v) is 9.91. The Hall–Kier alpha value is -2.86. The molecule has 0 bridgehead atoms. The highest BCUT2D eigenvalue weighted by Gasteiger charge is 2.37. The Bertz CT molecular complexity index is 917. The predicted octanol–water partition coefficient (Wildman–Crippen LogP) is 3.31. The van der Waals surface area contributed by atoms with Gasteiger partial charge in [-0.15, -0.1) is 0 Å². The summed E-state index contributed by atoms with van der Waals surface area (Å²) < 4.78 is 0. The van der Waals surface area contributed by atoms with E-state index < -0.39 is 5.92 Å². The lowest BCUT2D eigenvalue weighted by Crippen LogP contribution is -2.38. The van der Waals surface area contributed by atoms with Crippen molar-refractivity contribution in [1.82, 2.24) is 10.2 Å². The molecule has 29 heavy (non-hydrogen) atoms. The van der Waals surface area contributed by atoms with E-state index in [0.717, 1.165) is 11.1 Å². The highest BCUT2D eigenvalue weighted by molar-refractivity contribution is 6.31. The van der Waals surface area contributed by atoms with Gasteiger partial charge in [0.25, 0.3) is 0 Å². The molecule has 1 aliphatic heterocycles. The van der Waals surface area contributed by atoms with Gasteiger partial charge in [0.1, 0.15) is 0 Å². The van der Waals surface area contributed by atoms with Gasteiger partial charge in [-0.3, -0.25) is 14.4 Å². The lowest BCUT2D eigenvalue weighted by molar-refractivity contribution is -0.130. The third-order valence-corrected chi connectivity index (χ3v) is 5.65. The molecule has 6 nitrogen and oxygen atoms in total. The molecular weight excluding hydrogens is 390 g/mol. The molecule has 0 aliphatic carbocycles. The molecule has 152 valence electrons. The van der Waals surface area contributed by atoms with Crippen LogP contribution in [-0.4, -0.2) is 35.7 Å². The largest absolute Gasteiger partial charge is 0.347 e. The van der Waals surface area contributed by atoms with Gasteiger partial charge >= 0.3 is 0 Å². The van der Waals surface area contributed by atoms with E-state index in [2.05, 4.69) is 10.6 Å². The fourth-order valence-corrected chi connectivity index (χ4v) is 3.62. The SMILES string of the molecule is Cc1c(Cl)cccc1NC(=O)CNC(=O)[C@@H]1CC(=O)N([C@H](C)c2ccccc2)C1. The molecule has 0 saturated carbocycles. The number of nitrogens with one attached hydrogen (secondary N) is 2. The number of hydrogen-bond donors (Lipinski definition) is 2. The van der Waals surface area contributed by atoms with Crippen molar-refractivity contribution >= 4 is 35.0 Å². The van der Waals surface area contributed by atoms with Gasteiger partial charge < -0.3 is 15.5 Å². The van der Waals surface area contributed by atoms with Crippen molar-refractivity contribution in [3.8, 4) is 0 Å². The van der Waals surface area contributed by atoms with Crippen LogP contribution in [0.4, 0.5) is 5.69 Å². The molecule has 1 heterocycles. The van der Waals surface area contributed by atoms with Crippen molar-refractivity contribution in [2.24, 2.45) is 5.92 Å². The lowest BCUT2D eigenvalue weighted by atomic mass is 10.1. The van der Waals surface area contributed by atoms with E-state index in [0.29, 0.717) is 17.3 Å². The second-order valence-electron chi connectivity index (χ2n) is 7.21. The third-order valence-electron chi connectivity index (χ3n) is 5.24. The number of benzene rings is 2. The summed E-state index contributed by atoms with van der Waals surface area (Å²) in [4.78, 5) is 38.8. The molecule has 1 saturated heterocycles. The average Bonchev–Trinajstić information content (AvgIpc) is 3.11. The number of nitrogens with zero attached hydrogens (tertiary/aromatic N) is 1. The quantitative estimate of drug-likeness (QED) is 0.762. The molecule has 0 radical (unpaired) electrons. The van der Waals surface area contributed by atoms with Gasteiger partial charge in [0.05, 0.1) is 18.5 Å². The predicted molar refractivity (Wildman–Crippen MR) is 113 cm³/mol. The molecule has 3 amide bonds. The number of carbonyl (C=O) groups is 3. The number of carbonyl (C=O) groups excluding carboxylic acids is 3. The Balaban J connectivity index is 1.53. The van der Waals surface area contributed by atoms with E-state index in [1.807, 2.05) is 44.2 Å². The van der Waals surface area contributed by atoms with Crippen LogP contribution in [0.25, 0.3) is 0 Å². The fourth-order valence-electron chi connectivity index (χ4n) is 3.44. The topological polar surface area (TPSA) is 78.5 Å². The van der Waals surface area contributed by atoms with Crippen molar-refractivity contribution in [3.63, 3.8) is 0 Å². The van der Waals surface area contributed by atoms with Gasteiger partial charge in [-0.25, -0.2) is 0 Å². The summed E-state index contributed by atoms with van der Waals surface area (Å²) in [7, 11) is 0. The summed E-state index contributed by atoms with van der Waals surface area (Å²) in [6.07, 6.45) is 0.151. The Morgan fingerprint density at radius 2 is 1.90 bits per heavy atom. The maximum absolute atomic E-state index is 12.5. The Labute approximate surface area is 175 Å². The molecule has 7 heteroatoms. The number of hydrogen-bond acceptors (Lipinski definition) is 3.